The summed E-state index contributed by atoms with van der Waals surface area (Å²) in [6.07, 6.45) is 3.68. The first-order valence-electron chi connectivity index (χ1n) is 11.0. The summed E-state index contributed by atoms with van der Waals surface area (Å²) in [5.74, 6) is -0.289. The van der Waals surface area contributed by atoms with E-state index in [1.165, 1.54) is 11.3 Å². The van der Waals surface area contributed by atoms with Crippen LogP contribution in [0.5, 0.6) is 0 Å². The number of ether oxygens (including phenoxy) is 1. The molecule has 1 aliphatic rings. The quantitative estimate of drug-likeness (QED) is 0.304. The molecule has 5 nitrogen and oxygen atoms in total. The van der Waals surface area contributed by atoms with Gasteiger partial charge in [-0.3, -0.25) is 9.36 Å². The number of allylic oxidation sites excluding steroid dienone is 1. The molecule has 0 fully saturated rings. The number of carbonyl (C=O) groups is 1. The number of hydrogen-bond donors (Lipinski definition) is 0. The van der Waals surface area contributed by atoms with E-state index >= 15 is 0 Å². The SMILES string of the molecule is CSc1ccc(C2C(C(=O)OCC(C)C)=C(C)N=c3sc(=Cc4c(Cl)cccc4Cl)c(=O)n32)cc1. The number of halogens is 2. The van der Waals surface area contributed by atoms with Crippen molar-refractivity contribution in [2.45, 2.75) is 31.7 Å². The number of thiazole rings is 1. The number of aromatic nitrogens is 1. The van der Waals surface area contributed by atoms with Gasteiger partial charge in [-0.2, -0.15) is 0 Å². The van der Waals surface area contributed by atoms with E-state index in [1.54, 1.807) is 47.5 Å². The fourth-order valence-corrected chi connectivity index (χ4v) is 5.73. The van der Waals surface area contributed by atoms with Gasteiger partial charge >= 0.3 is 5.97 Å². The summed E-state index contributed by atoms with van der Waals surface area (Å²) in [5.41, 5.74) is 1.98. The summed E-state index contributed by atoms with van der Waals surface area (Å²) in [4.78, 5) is 33.1. The molecule has 1 aromatic heterocycles. The van der Waals surface area contributed by atoms with Gasteiger partial charge in [0.25, 0.3) is 5.56 Å². The smallest absolute Gasteiger partial charge is 0.338 e. The normalized spacial score (nSPS) is 15.9. The second kappa shape index (κ2) is 10.7. The van der Waals surface area contributed by atoms with Crippen LogP contribution in [0.15, 0.2) is 68.4 Å². The summed E-state index contributed by atoms with van der Waals surface area (Å²) >= 11 is 15.5. The summed E-state index contributed by atoms with van der Waals surface area (Å²) in [5, 5.41) is 0.892. The van der Waals surface area contributed by atoms with Crippen molar-refractivity contribution in [3.05, 3.63) is 94.6 Å². The lowest BCUT2D eigenvalue weighted by atomic mass is 9.96. The Morgan fingerprint density at radius 1 is 1.20 bits per heavy atom. The van der Waals surface area contributed by atoms with Crippen LogP contribution >= 0.6 is 46.3 Å². The minimum absolute atomic E-state index is 0.181. The molecule has 1 atom stereocenters. The van der Waals surface area contributed by atoms with E-state index in [9.17, 15) is 9.59 Å². The maximum Gasteiger partial charge on any atom is 0.338 e. The van der Waals surface area contributed by atoms with Gasteiger partial charge in [0, 0.05) is 20.5 Å². The molecule has 0 saturated heterocycles. The largest absolute Gasteiger partial charge is 0.462 e. The van der Waals surface area contributed by atoms with Gasteiger partial charge in [-0.05, 0) is 55.0 Å². The van der Waals surface area contributed by atoms with Crippen molar-refractivity contribution in [3.8, 4) is 0 Å². The first kappa shape index (κ1) is 25.8. The van der Waals surface area contributed by atoms with Crippen molar-refractivity contribution in [1.29, 1.82) is 0 Å². The highest BCUT2D eigenvalue weighted by atomic mass is 35.5. The van der Waals surface area contributed by atoms with Crippen LogP contribution in [0.3, 0.4) is 0 Å². The Kier molecular flexibility index (Phi) is 7.91. The molecule has 4 rings (SSSR count). The third kappa shape index (κ3) is 5.28. The summed E-state index contributed by atoms with van der Waals surface area (Å²) in [7, 11) is 0. The first-order valence-corrected chi connectivity index (χ1v) is 13.8. The van der Waals surface area contributed by atoms with Gasteiger partial charge in [0.05, 0.1) is 28.5 Å². The zero-order valence-corrected chi connectivity index (χ0v) is 22.8. The molecule has 2 heterocycles. The molecule has 0 spiro atoms. The van der Waals surface area contributed by atoms with Crippen molar-refractivity contribution in [2.24, 2.45) is 10.9 Å². The van der Waals surface area contributed by atoms with Crippen molar-refractivity contribution in [1.82, 2.24) is 4.57 Å². The number of fused-ring (bicyclic) bond motifs is 1. The Labute approximate surface area is 221 Å². The highest BCUT2D eigenvalue weighted by molar-refractivity contribution is 7.98. The molecule has 35 heavy (non-hydrogen) atoms. The number of hydrogen-bond acceptors (Lipinski definition) is 6. The number of nitrogens with zero attached hydrogens (tertiary/aromatic N) is 2. The Bertz CT molecular complexity index is 1470. The van der Waals surface area contributed by atoms with E-state index in [4.69, 9.17) is 27.9 Å². The van der Waals surface area contributed by atoms with Crippen LogP contribution in [-0.2, 0) is 9.53 Å². The second-order valence-corrected chi connectivity index (χ2v) is 11.2. The van der Waals surface area contributed by atoms with Crippen molar-refractivity contribution in [2.75, 3.05) is 12.9 Å². The van der Waals surface area contributed by atoms with Crippen LogP contribution in [-0.4, -0.2) is 23.4 Å². The van der Waals surface area contributed by atoms with Crippen molar-refractivity contribution < 1.29 is 9.53 Å². The molecule has 1 unspecified atom stereocenters. The molecule has 182 valence electrons. The van der Waals surface area contributed by atoms with E-state index in [2.05, 4.69) is 4.99 Å². The number of rotatable bonds is 6. The summed E-state index contributed by atoms with van der Waals surface area (Å²) in [6, 6.07) is 12.4. The molecule has 3 aromatic rings. The lowest BCUT2D eigenvalue weighted by Crippen LogP contribution is -2.40. The van der Waals surface area contributed by atoms with Gasteiger partial charge in [-0.15, -0.1) is 11.8 Å². The van der Waals surface area contributed by atoms with Crippen molar-refractivity contribution in [3.63, 3.8) is 0 Å². The highest BCUT2D eigenvalue weighted by Crippen LogP contribution is 2.32. The molecule has 9 heteroatoms. The zero-order valence-electron chi connectivity index (χ0n) is 19.7. The Balaban J connectivity index is 1.93. The highest BCUT2D eigenvalue weighted by Gasteiger charge is 2.33. The average molecular weight is 548 g/mol. The molecule has 0 bridgehead atoms. The van der Waals surface area contributed by atoms with Crippen LogP contribution in [0.2, 0.25) is 10.0 Å². The standard InChI is InChI=1S/C26H24Cl2N2O3S2/c1-14(2)13-33-25(32)22-15(3)29-26-30(23(22)16-8-10-17(34-4)11-9-16)24(31)21(35-26)12-18-19(27)6-5-7-20(18)28/h5-12,14,23H,13H2,1-4H3. The molecule has 0 amide bonds. The minimum Gasteiger partial charge on any atom is -0.462 e. The maximum atomic E-state index is 13.7. The molecule has 0 radical (unpaired) electrons. The van der Waals surface area contributed by atoms with Crippen LogP contribution in [0.1, 0.15) is 37.9 Å². The van der Waals surface area contributed by atoms with Crippen LogP contribution < -0.4 is 14.9 Å². The number of carbonyl (C=O) groups excluding carboxylic acids is 1. The third-order valence-electron chi connectivity index (χ3n) is 5.50. The first-order chi connectivity index (χ1) is 16.7. The van der Waals surface area contributed by atoms with E-state index in [0.29, 0.717) is 36.2 Å². The average Bonchev–Trinajstić information content (AvgIpc) is 3.13. The fourth-order valence-electron chi connectivity index (χ4n) is 3.78. The van der Waals surface area contributed by atoms with E-state index in [0.717, 1.165) is 10.5 Å². The minimum atomic E-state index is -0.661. The maximum absolute atomic E-state index is 13.7. The van der Waals surface area contributed by atoms with Crippen LogP contribution in [0.4, 0.5) is 0 Å². The molecule has 0 saturated carbocycles. The van der Waals surface area contributed by atoms with Crippen molar-refractivity contribution >= 4 is 58.3 Å². The molecule has 0 N–H and O–H groups in total. The Hall–Kier alpha value is -2.32. The third-order valence-corrected chi connectivity index (χ3v) is 7.88. The van der Waals surface area contributed by atoms with E-state index in [-0.39, 0.29) is 18.1 Å². The molecule has 1 aliphatic heterocycles. The van der Waals surface area contributed by atoms with Gasteiger partial charge in [0.15, 0.2) is 4.80 Å². The summed E-state index contributed by atoms with van der Waals surface area (Å²) in [6.45, 7) is 6.00. The predicted molar refractivity (Wildman–Crippen MR) is 144 cm³/mol. The molecule has 0 aliphatic carbocycles. The van der Waals surface area contributed by atoms with Gasteiger partial charge in [0.1, 0.15) is 0 Å². The molecular weight excluding hydrogens is 523 g/mol. The van der Waals surface area contributed by atoms with E-state index in [1.807, 2.05) is 44.4 Å². The van der Waals surface area contributed by atoms with Gasteiger partial charge < -0.3 is 4.74 Å². The zero-order chi connectivity index (χ0) is 25.3. The monoisotopic (exact) mass is 546 g/mol. The number of esters is 1. The fraction of sp³-hybridized carbons (Fsp3) is 0.269. The predicted octanol–water partition coefficient (Wildman–Crippen LogP) is 5.46. The molecular formula is C26H24Cl2N2O3S2. The number of thioether (sulfide) groups is 1. The van der Waals surface area contributed by atoms with Gasteiger partial charge in [0.2, 0.25) is 0 Å². The second-order valence-electron chi connectivity index (χ2n) is 8.48. The van der Waals surface area contributed by atoms with Gasteiger partial charge in [-0.25, -0.2) is 9.79 Å². The Morgan fingerprint density at radius 3 is 2.46 bits per heavy atom. The lowest BCUT2D eigenvalue weighted by molar-refractivity contribution is -0.140. The topological polar surface area (TPSA) is 60.7 Å². The number of benzene rings is 2. The lowest BCUT2D eigenvalue weighted by Gasteiger charge is -2.25. The van der Waals surface area contributed by atoms with Crippen LogP contribution in [0, 0.1) is 5.92 Å². The summed E-state index contributed by atoms with van der Waals surface area (Å²) < 4.78 is 7.57. The Morgan fingerprint density at radius 2 is 1.86 bits per heavy atom. The van der Waals surface area contributed by atoms with E-state index < -0.39 is 12.0 Å². The van der Waals surface area contributed by atoms with Crippen LogP contribution in [0.25, 0.3) is 6.08 Å². The van der Waals surface area contributed by atoms with Gasteiger partial charge in [-0.1, -0.05) is 66.6 Å². The molecule has 2 aromatic carbocycles.